The molecule has 3 rings (SSSR count). The number of anilines is 2. The highest BCUT2D eigenvalue weighted by molar-refractivity contribution is 9.09. The second kappa shape index (κ2) is 5.02. The summed E-state index contributed by atoms with van der Waals surface area (Å²) in [4.78, 5) is 2.33. The summed E-state index contributed by atoms with van der Waals surface area (Å²) < 4.78 is 5.93. The van der Waals surface area contributed by atoms with Crippen LogP contribution < -0.4 is 9.64 Å². The van der Waals surface area contributed by atoms with Crippen molar-refractivity contribution in [3.63, 3.8) is 0 Å². The Morgan fingerprint density at radius 1 is 0.889 bits per heavy atom. The lowest BCUT2D eigenvalue weighted by molar-refractivity contribution is 0.473. The van der Waals surface area contributed by atoms with E-state index in [0.29, 0.717) is 0 Å². The number of hydrogen-bond donors (Lipinski definition) is 0. The van der Waals surface area contributed by atoms with Gasteiger partial charge in [0.05, 0.1) is 11.4 Å². The average molecular weight is 304 g/mol. The van der Waals surface area contributed by atoms with Crippen molar-refractivity contribution in [2.45, 2.75) is 6.42 Å². The zero-order valence-corrected chi connectivity index (χ0v) is 11.6. The number of para-hydroxylation sites is 4. The van der Waals surface area contributed by atoms with Gasteiger partial charge in [0.15, 0.2) is 11.5 Å². The molecule has 92 valence electrons. The van der Waals surface area contributed by atoms with Crippen molar-refractivity contribution in [2.24, 2.45) is 0 Å². The van der Waals surface area contributed by atoms with E-state index < -0.39 is 0 Å². The number of fused-ring (bicyclic) bond motifs is 2. The summed E-state index contributed by atoms with van der Waals surface area (Å²) in [6.07, 6.45) is 1.10. The summed E-state index contributed by atoms with van der Waals surface area (Å²) >= 11 is 3.50. The summed E-state index contributed by atoms with van der Waals surface area (Å²) in [5, 5.41) is 1.01. The van der Waals surface area contributed by atoms with Gasteiger partial charge in [-0.05, 0) is 30.7 Å². The molecule has 0 unspecified atom stereocenters. The van der Waals surface area contributed by atoms with Crippen LogP contribution in [0.15, 0.2) is 48.5 Å². The normalized spacial score (nSPS) is 12.6. The highest BCUT2D eigenvalue weighted by Gasteiger charge is 2.22. The highest BCUT2D eigenvalue weighted by atomic mass is 79.9. The van der Waals surface area contributed by atoms with Crippen LogP contribution in [0.25, 0.3) is 0 Å². The van der Waals surface area contributed by atoms with Crippen LogP contribution in [0.3, 0.4) is 0 Å². The van der Waals surface area contributed by atoms with Crippen LogP contribution in [-0.4, -0.2) is 11.9 Å². The first-order valence-electron chi connectivity index (χ1n) is 6.09. The minimum atomic E-state index is 0.936. The van der Waals surface area contributed by atoms with E-state index in [-0.39, 0.29) is 0 Å². The fourth-order valence-corrected chi connectivity index (χ4v) is 2.49. The maximum Gasteiger partial charge on any atom is 0.151 e. The minimum Gasteiger partial charge on any atom is -0.453 e. The number of ether oxygens (including phenoxy) is 1. The molecule has 1 aliphatic rings. The molecule has 2 aromatic carbocycles. The molecule has 2 aromatic rings. The van der Waals surface area contributed by atoms with Crippen molar-refractivity contribution >= 4 is 27.3 Å². The fraction of sp³-hybridized carbons (Fsp3) is 0.200. The summed E-state index contributed by atoms with van der Waals surface area (Å²) in [6.45, 7) is 0.989. The minimum absolute atomic E-state index is 0.936. The monoisotopic (exact) mass is 303 g/mol. The standard InChI is InChI=1S/C15H14BrNO/c16-10-5-11-17-12-6-1-3-8-14(12)18-15-9-4-2-7-13(15)17/h1-4,6-9H,5,10-11H2. The van der Waals surface area contributed by atoms with Crippen molar-refractivity contribution in [2.75, 3.05) is 16.8 Å². The van der Waals surface area contributed by atoms with Gasteiger partial charge in [0.1, 0.15) is 0 Å². The van der Waals surface area contributed by atoms with Gasteiger partial charge in [-0.3, -0.25) is 0 Å². The number of halogens is 1. The molecule has 0 N–H and O–H groups in total. The Morgan fingerprint density at radius 2 is 1.44 bits per heavy atom. The van der Waals surface area contributed by atoms with Gasteiger partial charge in [0.2, 0.25) is 0 Å². The van der Waals surface area contributed by atoms with E-state index in [1.165, 1.54) is 0 Å². The Bertz CT molecular complexity index is 510. The molecule has 2 nitrogen and oxygen atoms in total. The molecule has 0 bridgehead atoms. The molecule has 0 saturated heterocycles. The molecule has 0 saturated carbocycles. The molecular weight excluding hydrogens is 290 g/mol. The number of hydrogen-bond acceptors (Lipinski definition) is 2. The molecule has 0 spiro atoms. The van der Waals surface area contributed by atoms with Gasteiger partial charge in [-0.2, -0.15) is 0 Å². The van der Waals surface area contributed by atoms with E-state index in [0.717, 1.165) is 41.2 Å². The predicted molar refractivity (Wildman–Crippen MR) is 78.4 cm³/mol. The van der Waals surface area contributed by atoms with Crippen LogP contribution in [0.4, 0.5) is 11.4 Å². The Morgan fingerprint density at radius 3 is 2.00 bits per heavy atom. The van der Waals surface area contributed by atoms with Gasteiger partial charge in [-0.25, -0.2) is 0 Å². The van der Waals surface area contributed by atoms with Gasteiger partial charge in [0, 0.05) is 11.9 Å². The van der Waals surface area contributed by atoms with Crippen molar-refractivity contribution < 1.29 is 4.74 Å². The van der Waals surface area contributed by atoms with Crippen molar-refractivity contribution in [1.29, 1.82) is 0 Å². The third kappa shape index (κ3) is 1.99. The molecule has 0 aromatic heterocycles. The number of nitrogens with zero attached hydrogens (tertiary/aromatic N) is 1. The molecule has 1 heterocycles. The largest absolute Gasteiger partial charge is 0.453 e. The molecular formula is C15H14BrNO. The first-order valence-corrected chi connectivity index (χ1v) is 7.22. The van der Waals surface area contributed by atoms with Crippen LogP contribution in [-0.2, 0) is 0 Å². The Balaban J connectivity index is 2.05. The van der Waals surface area contributed by atoms with Crippen LogP contribution in [0.2, 0.25) is 0 Å². The van der Waals surface area contributed by atoms with Gasteiger partial charge in [0.25, 0.3) is 0 Å². The van der Waals surface area contributed by atoms with Gasteiger partial charge >= 0.3 is 0 Å². The van der Waals surface area contributed by atoms with E-state index >= 15 is 0 Å². The fourth-order valence-electron chi connectivity index (χ4n) is 2.24. The molecule has 0 fully saturated rings. The molecule has 0 amide bonds. The molecule has 1 aliphatic heterocycles. The van der Waals surface area contributed by atoms with Crippen molar-refractivity contribution in [3.05, 3.63) is 48.5 Å². The third-order valence-corrected chi connectivity index (χ3v) is 3.61. The lowest BCUT2D eigenvalue weighted by Crippen LogP contribution is -2.22. The van der Waals surface area contributed by atoms with E-state index in [1.54, 1.807) is 0 Å². The zero-order valence-electron chi connectivity index (χ0n) is 9.97. The smallest absolute Gasteiger partial charge is 0.151 e. The second-order valence-electron chi connectivity index (χ2n) is 4.23. The van der Waals surface area contributed by atoms with Gasteiger partial charge in [-0.1, -0.05) is 40.2 Å². The maximum absolute atomic E-state index is 5.93. The van der Waals surface area contributed by atoms with Crippen molar-refractivity contribution in [1.82, 2.24) is 0 Å². The summed E-state index contributed by atoms with van der Waals surface area (Å²) in [7, 11) is 0. The van der Waals surface area contributed by atoms with Crippen LogP contribution in [0.1, 0.15) is 6.42 Å². The maximum atomic E-state index is 5.93. The Kier molecular flexibility index (Phi) is 3.24. The first kappa shape index (κ1) is 11.6. The van der Waals surface area contributed by atoms with Crippen LogP contribution in [0.5, 0.6) is 11.5 Å². The lowest BCUT2D eigenvalue weighted by Gasteiger charge is -2.32. The second-order valence-corrected chi connectivity index (χ2v) is 5.02. The third-order valence-electron chi connectivity index (χ3n) is 3.05. The van der Waals surface area contributed by atoms with Gasteiger partial charge in [-0.15, -0.1) is 0 Å². The van der Waals surface area contributed by atoms with E-state index in [4.69, 9.17) is 4.74 Å². The lowest BCUT2D eigenvalue weighted by atomic mass is 10.1. The highest BCUT2D eigenvalue weighted by Crippen LogP contribution is 2.46. The average Bonchev–Trinajstić information content (AvgIpc) is 2.43. The summed E-state index contributed by atoms with van der Waals surface area (Å²) in [5.74, 6) is 1.87. The Labute approximate surface area is 115 Å². The molecule has 0 atom stereocenters. The SMILES string of the molecule is BrCCCN1c2ccccc2Oc2ccccc21. The Hall–Kier alpha value is -1.48. The van der Waals surface area contributed by atoms with E-state index in [2.05, 4.69) is 45.1 Å². The van der Waals surface area contributed by atoms with E-state index in [9.17, 15) is 0 Å². The van der Waals surface area contributed by atoms with Crippen LogP contribution in [0, 0.1) is 0 Å². The van der Waals surface area contributed by atoms with Crippen LogP contribution >= 0.6 is 15.9 Å². The quantitative estimate of drug-likeness (QED) is 0.761. The van der Waals surface area contributed by atoms with Crippen molar-refractivity contribution in [3.8, 4) is 11.5 Å². The van der Waals surface area contributed by atoms with E-state index in [1.807, 2.05) is 24.3 Å². The molecule has 3 heteroatoms. The van der Waals surface area contributed by atoms with Gasteiger partial charge < -0.3 is 9.64 Å². The zero-order chi connectivity index (χ0) is 12.4. The summed E-state index contributed by atoms with van der Waals surface area (Å²) in [6, 6.07) is 16.4. The predicted octanol–water partition coefficient (Wildman–Crippen LogP) is 4.72. The molecule has 18 heavy (non-hydrogen) atoms. The number of benzene rings is 2. The summed E-state index contributed by atoms with van der Waals surface area (Å²) in [5.41, 5.74) is 2.30. The number of rotatable bonds is 3. The number of alkyl halides is 1. The molecule has 0 radical (unpaired) electrons. The first-order chi connectivity index (χ1) is 8.90. The molecule has 0 aliphatic carbocycles. The topological polar surface area (TPSA) is 12.5 Å².